The first-order valence-corrected chi connectivity index (χ1v) is 10.2. The minimum absolute atomic E-state index is 0.214. The van der Waals surface area contributed by atoms with Crippen LogP contribution in [0.3, 0.4) is 0 Å². The molecule has 2 amide bonds. The molecule has 2 atom stereocenters. The topological polar surface area (TPSA) is 54.5 Å². The van der Waals surface area contributed by atoms with Crippen molar-refractivity contribution in [3.63, 3.8) is 0 Å². The summed E-state index contributed by atoms with van der Waals surface area (Å²) in [5.74, 6) is -2.02. The van der Waals surface area contributed by atoms with E-state index in [0.29, 0.717) is 5.69 Å². The number of hydrogen-bond acceptors (Lipinski definition) is 3. The maximum absolute atomic E-state index is 13.8. The van der Waals surface area contributed by atoms with E-state index in [1.807, 2.05) is 67.6 Å². The van der Waals surface area contributed by atoms with Crippen molar-refractivity contribution >= 4 is 23.8 Å². The fraction of sp³-hybridized carbons (Fsp3) is 0.192. The molecular weight excluding hydrogens is 374 g/mol. The lowest BCUT2D eigenvalue weighted by atomic mass is 9.48. The van der Waals surface area contributed by atoms with Crippen LogP contribution in [-0.4, -0.2) is 18.1 Å². The number of aryl methyl sites for hydroxylation is 1. The molecule has 1 saturated heterocycles. The van der Waals surface area contributed by atoms with Gasteiger partial charge in [0.2, 0.25) is 11.8 Å². The van der Waals surface area contributed by atoms with Crippen molar-refractivity contribution in [3.05, 3.63) is 101 Å². The largest absolute Gasteiger partial charge is 0.302 e. The summed E-state index contributed by atoms with van der Waals surface area (Å²) in [6.07, 6.45) is 0.904. The second kappa shape index (κ2) is 5.76. The number of imide groups is 1. The number of aldehydes is 1. The summed E-state index contributed by atoms with van der Waals surface area (Å²) in [6, 6.07) is 23.0. The highest BCUT2D eigenvalue weighted by atomic mass is 16.2. The maximum atomic E-state index is 13.8. The molecule has 146 valence electrons. The SMILES string of the molecule is Cc1ccc(N2C(=O)[C@@H]3C4c5ccccc5C(C=O)(c5ccccc54)[C@@H]3C2=O)cc1. The van der Waals surface area contributed by atoms with Gasteiger partial charge < -0.3 is 4.79 Å². The molecule has 3 aliphatic carbocycles. The average Bonchev–Trinajstić information content (AvgIpc) is 3.05. The number of amides is 2. The van der Waals surface area contributed by atoms with Gasteiger partial charge in [-0.2, -0.15) is 0 Å². The third-order valence-corrected chi connectivity index (χ3v) is 7.16. The van der Waals surface area contributed by atoms with Gasteiger partial charge in [0, 0.05) is 5.92 Å². The van der Waals surface area contributed by atoms with Crippen LogP contribution < -0.4 is 4.90 Å². The van der Waals surface area contributed by atoms with E-state index in [1.165, 1.54) is 4.90 Å². The van der Waals surface area contributed by atoms with Gasteiger partial charge in [0.05, 0.1) is 22.9 Å². The van der Waals surface area contributed by atoms with Gasteiger partial charge in [-0.1, -0.05) is 66.2 Å². The number of carbonyl (C=O) groups is 3. The van der Waals surface area contributed by atoms with Gasteiger partial charge in [0.15, 0.2) is 0 Å². The molecule has 3 aromatic rings. The van der Waals surface area contributed by atoms with Crippen LogP contribution in [0.25, 0.3) is 0 Å². The van der Waals surface area contributed by atoms with Crippen molar-refractivity contribution in [2.75, 3.05) is 4.90 Å². The van der Waals surface area contributed by atoms with Crippen LogP contribution in [0, 0.1) is 18.8 Å². The third kappa shape index (κ3) is 1.85. The molecule has 0 radical (unpaired) electrons. The van der Waals surface area contributed by atoms with Crippen molar-refractivity contribution in [3.8, 4) is 0 Å². The number of rotatable bonds is 2. The molecule has 0 aromatic heterocycles. The molecule has 0 N–H and O–H groups in total. The lowest BCUT2D eigenvalue weighted by Crippen LogP contribution is -2.54. The Morgan fingerprint density at radius 3 is 1.93 bits per heavy atom. The first kappa shape index (κ1) is 17.3. The lowest BCUT2D eigenvalue weighted by molar-refractivity contribution is -0.128. The van der Waals surface area contributed by atoms with Crippen molar-refractivity contribution < 1.29 is 14.4 Å². The molecule has 3 aromatic carbocycles. The van der Waals surface area contributed by atoms with Gasteiger partial charge in [-0.15, -0.1) is 0 Å². The Hall–Kier alpha value is -3.53. The summed E-state index contributed by atoms with van der Waals surface area (Å²) < 4.78 is 0. The minimum atomic E-state index is -1.14. The van der Waals surface area contributed by atoms with Crippen LogP contribution in [0.5, 0.6) is 0 Å². The highest BCUT2D eigenvalue weighted by Gasteiger charge is 2.68. The normalized spacial score (nSPS) is 28.2. The summed E-state index contributed by atoms with van der Waals surface area (Å²) in [4.78, 5) is 41.6. The molecule has 1 fully saturated rings. The van der Waals surface area contributed by atoms with E-state index >= 15 is 0 Å². The lowest BCUT2D eigenvalue weighted by Gasteiger charge is -2.51. The first-order chi connectivity index (χ1) is 14.6. The molecule has 2 bridgehead atoms. The van der Waals surface area contributed by atoms with Crippen LogP contribution in [-0.2, 0) is 19.8 Å². The Bertz CT molecular complexity index is 1200. The fourth-order valence-electron chi connectivity index (χ4n) is 5.98. The zero-order chi connectivity index (χ0) is 20.6. The van der Waals surface area contributed by atoms with Crippen molar-refractivity contribution in [2.45, 2.75) is 18.3 Å². The van der Waals surface area contributed by atoms with E-state index in [-0.39, 0.29) is 17.7 Å². The highest BCUT2D eigenvalue weighted by molar-refractivity contribution is 6.24. The maximum Gasteiger partial charge on any atom is 0.239 e. The quantitative estimate of drug-likeness (QED) is 0.492. The molecule has 4 aliphatic rings. The van der Waals surface area contributed by atoms with E-state index in [0.717, 1.165) is 34.1 Å². The summed E-state index contributed by atoms with van der Waals surface area (Å²) in [7, 11) is 0. The van der Waals surface area contributed by atoms with Gasteiger partial charge in [-0.3, -0.25) is 9.59 Å². The summed E-state index contributed by atoms with van der Waals surface area (Å²) in [6.45, 7) is 1.96. The van der Waals surface area contributed by atoms with Crippen LogP contribution >= 0.6 is 0 Å². The number of benzene rings is 3. The van der Waals surface area contributed by atoms with E-state index in [4.69, 9.17) is 0 Å². The fourth-order valence-corrected chi connectivity index (χ4v) is 5.98. The molecule has 1 aliphatic heterocycles. The zero-order valence-electron chi connectivity index (χ0n) is 16.4. The van der Waals surface area contributed by atoms with Crippen molar-refractivity contribution in [2.24, 2.45) is 11.8 Å². The number of nitrogens with zero attached hydrogens (tertiary/aromatic N) is 1. The Kier molecular flexibility index (Phi) is 3.33. The minimum Gasteiger partial charge on any atom is -0.302 e. The van der Waals surface area contributed by atoms with Crippen LogP contribution in [0.4, 0.5) is 5.69 Å². The first-order valence-electron chi connectivity index (χ1n) is 10.2. The predicted octanol–water partition coefficient (Wildman–Crippen LogP) is 3.74. The van der Waals surface area contributed by atoms with Gasteiger partial charge in [0.1, 0.15) is 6.29 Å². The molecule has 0 saturated carbocycles. The number of hydrogen-bond donors (Lipinski definition) is 0. The molecule has 0 spiro atoms. The van der Waals surface area contributed by atoms with Crippen LogP contribution in [0.15, 0.2) is 72.8 Å². The van der Waals surface area contributed by atoms with Gasteiger partial charge in [0.25, 0.3) is 0 Å². The summed E-state index contributed by atoms with van der Waals surface area (Å²) >= 11 is 0. The van der Waals surface area contributed by atoms with Crippen molar-refractivity contribution in [1.29, 1.82) is 0 Å². The molecular formula is C26H19NO3. The Morgan fingerprint density at radius 1 is 0.800 bits per heavy atom. The van der Waals surface area contributed by atoms with Crippen LogP contribution in [0.1, 0.15) is 33.7 Å². The Balaban J connectivity index is 1.64. The van der Waals surface area contributed by atoms with Gasteiger partial charge in [-0.25, -0.2) is 4.90 Å². The number of carbonyl (C=O) groups excluding carboxylic acids is 3. The molecule has 4 heteroatoms. The smallest absolute Gasteiger partial charge is 0.239 e. The van der Waals surface area contributed by atoms with Gasteiger partial charge in [-0.05, 0) is 41.3 Å². The highest BCUT2D eigenvalue weighted by Crippen LogP contribution is 2.63. The molecule has 7 rings (SSSR count). The Labute approximate surface area is 174 Å². The second-order valence-corrected chi connectivity index (χ2v) is 8.49. The molecule has 1 heterocycles. The summed E-state index contributed by atoms with van der Waals surface area (Å²) in [5.41, 5.74) is 4.17. The van der Waals surface area contributed by atoms with E-state index in [2.05, 4.69) is 0 Å². The van der Waals surface area contributed by atoms with E-state index < -0.39 is 17.3 Å². The van der Waals surface area contributed by atoms with Crippen LogP contribution in [0.2, 0.25) is 0 Å². The molecule has 30 heavy (non-hydrogen) atoms. The standard InChI is InChI=1S/C26H19NO3/c1-15-10-12-16(13-11-15)27-24(29)22-21-17-6-2-4-8-19(17)26(14-28,23(22)25(27)30)20-9-5-3-7-18(20)21/h2-14,21-23H,1H3/t21?,22-,23+,26?/m1/s1. The average molecular weight is 393 g/mol. The predicted molar refractivity (Wildman–Crippen MR) is 112 cm³/mol. The monoisotopic (exact) mass is 393 g/mol. The Morgan fingerprint density at radius 2 is 1.37 bits per heavy atom. The zero-order valence-corrected chi connectivity index (χ0v) is 16.4. The van der Waals surface area contributed by atoms with Gasteiger partial charge >= 0.3 is 0 Å². The molecule has 4 nitrogen and oxygen atoms in total. The summed E-state index contributed by atoms with van der Waals surface area (Å²) in [5, 5.41) is 0. The molecule has 0 unspecified atom stereocenters. The second-order valence-electron chi connectivity index (χ2n) is 8.49. The van der Waals surface area contributed by atoms with Crippen molar-refractivity contribution in [1.82, 2.24) is 0 Å². The third-order valence-electron chi connectivity index (χ3n) is 7.16. The number of anilines is 1. The van der Waals surface area contributed by atoms with E-state index in [9.17, 15) is 14.4 Å². The van der Waals surface area contributed by atoms with E-state index in [1.54, 1.807) is 12.1 Å².